The summed E-state index contributed by atoms with van der Waals surface area (Å²) in [6, 6.07) is 12.5. The van der Waals surface area contributed by atoms with E-state index in [-0.39, 0.29) is 17.0 Å². The third-order valence-electron chi connectivity index (χ3n) is 5.98. The summed E-state index contributed by atoms with van der Waals surface area (Å²) < 4.78 is 67.2. The van der Waals surface area contributed by atoms with E-state index in [1.807, 2.05) is 0 Å². The fraction of sp³-hybridized carbons (Fsp3) is 0.333. The summed E-state index contributed by atoms with van der Waals surface area (Å²) in [6.45, 7) is 3.59. The number of nitrogens with zero attached hydrogens (tertiary/aromatic N) is 2. The van der Waals surface area contributed by atoms with E-state index in [0.29, 0.717) is 27.4 Å². The lowest BCUT2D eigenvalue weighted by Gasteiger charge is -2.43. The molecule has 3 aromatic rings. The number of halogens is 3. The zero-order valence-corrected chi connectivity index (χ0v) is 22.3. The first kappa shape index (κ1) is 27.7. The normalized spacial score (nSPS) is 18.6. The van der Waals surface area contributed by atoms with Crippen LogP contribution in [0.15, 0.2) is 64.4 Å². The van der Waals surface area contributed by atoms with Crippen molar-refractivity contribution in [3.05, 3.63) is 65.9 Å². The van der Waals surface area contributed by atoms with Crippen molar-refractivity contribution in [1.29, 1.82) is 0 Å². The largest absolute Gasteiger partial charge is 0.433 e. The van der Waals surface area contributed by atoms with Crippen molar-refractivity contribution < 1.29 is 31.6 Å². The number of aromatic nitrogens is 1. The number of carbonyl (C=O) groups is 1. The lowest BCUT2D eigenvalue weighted by Crippen LogP contribution is -2.61. The molecule has 0 radical (unpaired) electrons. The maximum absolute atomic E-state index is 13.4. The molecule has 1 amide bonds. The van der Waals surface area contributed by atoms with Crippen LogP contribution in [0.2, 0.25) is 0 Å². The van der Waals surface area contributed by atoms with Crippen LogP contribution in [0.3, 0.4) is 0 Å². The second-order valence-corrected chi connectivity index (χ2v) is 13.6. The van der Waals surface area contributed by atoms with Gasteiger partial charge in [0, 0.05) is 33.1 Å². The van der Waals surface area contributed by atoms with E-state index in [0.717, 1.165) is 10.4 Å². The predicted molar refractivity (Wildman–Crippen MR) is 137 cm³/mol. The summed E-state index contributed by atoms with van der Waals surface area (Å²) in [5, 5.41) is 9.79. The highest BCUT2D eigenvalue weighted by molar-refractivity contribution is 8.01. The second-order valence-electron chi connectivity index (χ2n) is 8.90. The van der Waals surface area contributed by atoms with Crippen molar-refractivity contribution in [2.45, 2.75) is 46.4 Å². The smallest absolute Gasteiger partial charge is 0.289 e. The first-order chi connectivity index (χ1) is 17.3. The maximum Gasteiger partial charge on any atom is 0.433 e. The minimum absolute atomic E-state index is 0.0200. The molecule has 4 rings (SSSR count). The summed E-state index contributed by atoms with van der Waals surface area (Å²) in [6.07, 6.45) is -4.58. The highest BCUT2D eigenvalue weighted by Crippen LogP contribution is 2.39. The molecule has 0 spiro atoms. The van der Waals surface area contributed by atoms with Crippen LogP contribution in [-0.2, 0) is 26.7 Å². The first-order valence-corrected chi connectivity index (χ1v) is 14.5. The van der Waals surface area contributed by atoms with Gasteiger partial charge in [-0.3, -0.25) is 10.0 Å². The molecule has 1 aliphatic heterocycles. The molecule has 1 fully saturated rings. The summed E-state index contributed by atoms with van der Waals surface area (Å²) in [5.74, 6) is -0.0264. The van der Waals surface area contributed by atoms with Gasteiger partial charge >= 0.3 is 6.18 Å². The van der Waals surface area contributed by atoms with Crippen LogP contribution < -0.4 is 5.48 Å². The Morgan fingerprint density at radius 1 is 1.22 bits per heavy atom. The monoisotopic (exact) mass is 571 g/mol. The highest BCUT2D eigenvalue weighted by atomic mass is 32.2. The van der Waals surface area contributed by atoms with Crippen LogP contribution in [0, 0.1) is 0 Å². The van der Waals surface area contributed by atoms with Gasteiger partial charge in [0.1, 0.15) is 11.7 Å². The molecule has 13 heteroatoms. The van der Waals surface area contributed by atoms with E-state index in [1.54, 1.807) is 49.7 Å². The number of sulfonamides is 1. The topological polar surface area (TPSA) is 99.6 Å². The fourth-order valence-electron chi connectivity index (χ4n) is 4.18. The van der Waals surface area contributed by atoms with Crippen LogP contribution in [0.5, 0.6) is 0 Å². The van der Waals surface area contributed by atoms with E-state index in [9.17, 15) is 31.6 Å². The molecule has 0 aliphatic carbocycles. The van der Waals surface area contributed by atoms with Crippen molar-refractivity contribution >= 4 is 50.4 Å². The lowest BCUT2D eigenvalue weighted by molar-refractivity contribution is -0.141. The van der Waals surface area contributed by atoms with Crippen molar-refractivity contribution in [2.24, 2.45) is 0 Å². The van der Waals surface area contributed by atoms with E-state index in [1.165, 1.54) is 41.7 Å². The molecule has 0 bridgehead atoms. The highest BCUT2D eigenvalue weighted by Gasteiger charge is 2.48. The minimum atomic E-state index is -4.58. The molecule has 0 saturated carbocycles. The number of para-hydroxylation sites is 1. The van der Waals surface area contributed by atoms with E-state index in [4.69, 9.17) is 0 Å². The molecular formula is C24H24F3N3O4S3. The molecule has 1 aliphatic rings. The first-order valence-electron chi connectivity index (χ1n) is 11.1. The molecule has 1 aromatic heterocycles. The van der Waals surface area contributed by atoms with Crippen LogP contribution in [-0.4, -0.2) is 51.9 Å². The number of rotatable bonds is 6. The van der Waals surface area contributed by atoms with Gasteiger partial charge in [0.2, 0.25) is 10.0 Å². The molecule has 7 nitrogen and oxygen atoms in total. The van der Waals surface area contributed by atoms with E-state index < -0.39 is 38.6 Å². The Morgan fingerprint density at radius 2 is 1.89 bits per heavy atom. The number of carbonyl (C=O) groups excluding carboxylic acids is 1. The quantitative estimate of drug-likeness (QED) is 0.246. The summed E-state index contributed by atoms with van der Waals surface area (Å²) in [4.78, 5) is 16.5. The standard InChI is InChI=1S/C24H24F3N3O4S3/c1-23(2)21(22(31)29-32)30(11-12-36-23)37(33,34)16-9-7-15(8-10-16)14-35-19-13-20(24(25,26)27)28-18-6-4-3-5-17(18)19/h3-10,13,21,32H,11-12,14H2,1-2H3,(H,29,31). The second kappa shape index (κ2) is 10.4. The van der Waals surface area contributed by atoms with Gasteiger partial charge < -0.3 is 0 Å². The number of hydroxylamine groups is 1. The number of alkyl halides is 3. The zero-order chi connectivity index (χ0) is 27.0. The summed E-state index contributed by atoms with van der Waals surface area (Å²) in [7, 11) is -4.06. The van der Waals surface area contributed by atoms with E-state index in [2.05, 4.69) is 4.98 Å². The Bertz CT molecular complexity index is 1410. The van der Waals surface area contributed by atoms with Crippen LogP contribution in [0.25, 0.3) is 10.9 Å². The Morgan fingerprint density at radius 3 is 2.54 bits per heavy atom. The zero-order valence-electron chi connectivity index (χ0n) is 19.8. The number of benzene rings is 2. The van der Waals surface area contributed by atoms with Gasteiger partial charge in [-0.05, 0) is 43.7 Å². The maximum atomic E-state index is 13.4. The number of pyridine rings is 1. The Hall–Kier alpha value is -2.32. The van der Waals surface area contributed by atoms with Crippen LogP contribution in [0.4, 0.5) is 13.2 Å². The third-order valence-corrected chi connectivity index (χ3v) is 10.3. The average Bonchev–Trinajstić information content (AvgIpc) is 2.85. The molecule has 1 saturated heterocycles. The van der Waals surface area contributed by atoms with Crippen molar-refractivity contribution in [3.8, 4) is 0 Å². The van der Waals surface area contributed by atoms with Gasteiger partial charge in [0.25, 0.3) is 5.91 Å². The molecular weight excluding hydrogens is 547 g/mol. The molecule has 1 unspecified atom stereocenters. The van der Waals surface area contributed by atoms with Crippen molar-refractivity contribution in [2.75, 3.05) is 12.3 Å². The number of amides is 1. The minimum Gasteiger partial charge on any atom is -0.289 e. The van der Waals surface area contributed by atoms with Gasteiger partial charge in [0.05, 0.1) is 10.4 Å². The number of thioether (sulfide) groups is 2. The van der Waals surface area contributed by atoms with Crippen molar-refractivity contribution in [1.82, 2.24) is 14.8 Å². The average molecular weight is 572 g/mol. The fourth-order valence-corrected chi connectivity index (χ4v) is 8.33. The lowest BCUT2D eigenvalue weighted by atomic mass is 10.0. The Labute approximate surface area is 220 Å². The number of hydrogen-bond acceptors (Lipinski definition) is 7. The van der Waals surface area contributed by atoms with Crippen LogP contribution >= 0.6 is 23.5 Å². The summed E-state index contributed by atoms with van der Waals surface area (Å²) in [5.41, 5.74) is 1.55. The van der Waals surface area contributed by atoms with Gasteiger partial charge in [-0.15, -0.1) is 11.8 Å². The van der Waals surface area contributed by atoms with Crippen LogP contribution in [0.1, 0.15) is 25.1 Å². The molecule has 2 aromatic carbocycles. The molecule has 1 atom stereocenters. The number of hydrogen-bond donors (Lipinski definition) is 2. The summed E-state index contributed by atoms with van der Waals surface area (Å²) >= 11 is 2.64. The molecule has 2 N–H and O–H groups in total. The Balaban J connectivity index is 1.57. The molecule has 37 heavy (non-hydrogen) atoms. The van der Waals surface area contributed by atoms with Crippen molar-refractivity contribution in [3.63, 3.8) is 0 Å². The van der Waals surface area contributed by atoms with Gasteiger partial charge in [-0.1, -0.05) is 30.3 Å². The third kappa shape index (κ3) is 5.75. The molecule has 198 valence electrons. The Kier molecular flexibility index (Phi) is 7.82. The SMILES string of the molecule is CC1(C)SCCN(S(=O)(=O)c2ccc(CSc3cc(C(F)(F)F)nc4ccccc34)cc2)C1C(=O)NO. The predicted octanol–water partition coefficient (Wildman–Crippen LogP) is 4.94. The van der Waals surface area contributed by atoms with Gasteiger partial charge in [0.15, 0.2) is 0 Å². The van der Waals surface area contributed by atoms with E-state index >= 15 is 0 Å². The van der Waals surface area contributed by atoms with Gasteiger partial charge in [-0.25, -0.2) is 18.9 Å². The number of nitrogens with one attached hydrogen (secondary N) is 1. The number of fused-ring (bicyclic) bond motifs is 1. The van der Waals surface area contributed by atoms with Gasteiger partial charge in [-0.2, -0.15) is 29.2 Å². The molecule has 2 heterocycles.